The van der Waals surface area contributed by atoms with Crippen molar-refractivity contribution >= 4 is 11.7 Å². The lowest BCUT2D eigenvalue weighted by atomic mass is 9.91. The molecule has 3 heterocycles. The molecular weight excluding hydrogens is 304 g/mol. The van der Waals surface area contributed by atoms with E-state index in [4.69, 9.17) is 4.52 Å². The highest BCUT2D eigenvalue weighted by Crippen LogP contribution is 2.29. The van der Waals surface area contributed by atoms with Gasteiger partial charge in [0.15, 0.2) is 0 Å². The van der Waals surface area contributed by atoms with E-state index in [1.165, 1.54) is 5.56 Å². The fourth-order valence-electron chi connectivity index (χ4n) is 3.09. The van der Waals surface area contributed by atoms with E-state index in [1.807, 2.05) is 38.1 Å². The molecule has 0 radical (unpaired) electrons. The fraction of sp³-hybridized carbons (Fsp3) is 0.500. The summed E-state index contributed by atoms with van der Waals surface area (Å²) in [6, 6.07) is 5.86. The Kier molecular flexibility index (Phi) is 4.83. The van der Waals surface area contributed by atoms with E-state index in [1.54, 1.807) is 6.07 Å². The van der Waals surface area contributed by atoms with Gasteiger partial charge in [0, 0.05) is 38.3 Å². The molecule has 2 aromatic rings. The van der Waals surface area contributed by atoms with Gasteiger partial charge in [0.2, 0.25) is 5.76 Å². The maximum atomic E-state index is 12.7. The van der Waals surface area contributed by atoms with Gasteiger partial charge in [-0.15, -0.1) is 0 Å². The Hall–Kier alpha value is -2.37. The lowest BCUT2D eigenvalue weighted by Crippen LogP contribution is -2.39. The molecule has 0 saturated carbocycles. The quantitative estimate of drug-likeness (QED) is 0.933. The van der Waals surface area contributed by atoms with Crippen molar-refractivity contribution in [1.29, 1.82) is 0 Å². The highest BCUT2D eigenvalue weighted by Gasteiger charge is 2.28. The standard InChI is InChI=1S/C18H24N4O2/c1-12(2)15-10-16(24-21-15)18(23)22-8-4-5-14(11-22)13-6-7-20-17(9-13)19-3/h6-7,9-10,12,14H,4-5,8,11H2,1-3H3,(H,19,20)/t14-/m0/s1. The molecule has 0 aliphatic carbocycles. The van der Waals surface area contributed by atoms with Crippen LogP contribution in [-0.2, 0) is 0 Å². The lowest BCUT2D eigenvalue weighted by molar-refractivity contribution is 0.0665. The van der Waals surface area contributed by atoms with E-state index in [-0.39, 0.29) is 11.8 Å². The number of amides is 1. The summed E-state index contributed by atoms with van der Waals surface area (Å²) in [5, 5.41) is 7.06. The molecule has 0 unspecified atom stereocenters. The predicted octanol–water partition coefficient (Wildman–Crippen LogP) is 3.25. The van der Waals surface area contributed by atoms with E-state index >= 15 is 0 Å². The van der Waals surface area contributed by atoms with Crippen LogP contribution in [0.1, 0.15) is 60.3 Å². The first-order chi connectivity index (χ1) is 11.6. The van der Waals surface area contributed by atoms with Crippen molar-refractivity contribution in [2.24, 2.45) is 0 Å². The van der Waals surface area contributed by atoms with Crippen LogP contribution in [0.5, 0.6) is 0 Å². The van der Waals surface area contributed by atoms with Crippen molar-refractivity contribution in [3.63, 3.8) is 0 Å². The third-order valence-corrected chi connectivity index (χ3v) is 4.55. The van der Waals surface area contributed by atoms with Crippen LogP contribution in [0, 0.1) is 0 Å². The van der Waals surface area contributed by atoms with Crippen LogP contribution in [-0.4, -0.2) is 41.1 Å². The van der Waals surface area contributed by atoms with Gasteiger partial charge < -0.3 is 14.7 Å². The Balaban J connectivity index is 1.73. The largest absolute Gasteiger partial charge is 0.373 e. The highest BCUT2D eigenvalue weighted by atomic mass is 16.5. The normalized spacial score (nSPS) is 18.0. The van der Waals surface area contributed by atoms with Gasteiger partial charge in [0.25, 0.3) is 5.91 Å². The van der Waals surface area contributed by atoms with E-state index in [2.05, 4.69) is 21.5 Å². The van der Waals surface area contributed by atoms with E-state index in [0.717, 1.165) is 30.9 Å². The summed E-state index contributed by atoms with van der Waals surface area (Å²) >= 11 is 0. The molecule has 1 N–H and O–H groups in total. The zero-order chi connectivity index (χ0) is 17.1. The number of piperidine rings is 1. The topological polar surface area (TPSA) is 71.3 Å². The molecule has 6 nitrogen and oxygen atoms in total. The molecular formula is C18H24N4O2. The third-order valence-electron chi connectivity index (χ3n) is 4.55. The van der Waals surface area contributed by atoms with Crippen LogP contribution >= 0.6 is 0 Å². The van der Waals surface area contributed by atoms with Crippen molar-refractivity contribution in [1.82, 2.24) is 15.0 Å². The van der Waals surface area contributed by atoms with Gasteiger partial charge in [-0.3, -0.25) is 4.79 Å². The molecule has 1 aliphatic rings. The van der Waals surface area contributed by atoms with Gasteiger partial charge in [-0.05, 0) is 36.5 Å². The molecule has 128 valence electrons. The fourth-order valence-corrected chi connectivity index (χ4v) is 3.09. The number of nitrogens with zero attached hydrogens (tertiary/aromatic N) is 3. The molecule has 0 bridgehead atoms. The van der Waals surface area contributed by atoms with E-state index < -0.39 is 0 Å². The molecule has 0 aromatic carbocycles. The van der Waals surface area contributed by atoms with Crippen LogP contribution in [0.2, 0.25) is 0 Å². The second kappa shape index (κ2) is 7.03. The number of anilines is 1. The summed E-state index contributed by atoms with van der Waals surface area (Å²) in [7, 11) is 1.86. The van der Waals surface area contributed by atoms with Crippen molar-refractivity contribution in [2.75, 3.05) is 25.5 Å². The first-order valence-electron chi connectivity index (χ1n) is 8.48. The Labute approximate surface area is 142 Å². The average Bonchev–Trinajstić information content (AvgIpc) is 3.11. The molecule has 1 amide bonds. The number of hydrogen-bond acceptors (Lipinski definition) is 5. The van der Waals surface area contributed by atoms with Gasteiger partial charge >= 0.3 is 0 Å². The Bertz CT molecular complexity index is 711. The van der Waals surface area contributed by atoms with Gasteiger partial charge in [0.05, 0.1) is 5.69 Å². The van der Waals surface area contributed by atoms with Crippen LogP contribution in [0.4, 0.5) is 5.82 Å². The average molecular weight is 328 g/mol. The molecule has 6 heteroatoms. The van der Waals surface area contributed by atoms with E-state index in [9.17, 15) is 4.79 Å². The number of rotatable bonds is 4. The summed E-state index contributed by atoms with van der Waals surface area (Å²) in [6.07, 6.45) is 3.87. The Morgan fingerprint density at radius 1 is 1.42 bits per heavy atom. The monoisotopic (exact) mass is 328 g/mol. The minimum absolute atomic E-state index is 0.0676. The second-order valence-electron chi connectivity index (χ2n) is 6.59. The van der Waals surface area contributed by atoms with Crippen LogP contribution < -0.4 is 5.32 Å². The van der Waals surface area contributed by atoms with Crippen LogP contribution in [0.3, 0.4) is 0 Å². The molecule has 2 aromatic heterocycles. The Morgan fingerprint density at radius 3 is 2.96 bits per heavy atom. The van der Waals surface area contributed by atoms with Crippen molar-refractivity contribution < 1.29 is 9.32 Å². The van der Waals surface area contributed by atoms with Gasteiger partial charge in [0.1, 0.15) is 5.82 Å². The summed E-state index contributed by atoms with van der Waals surface area (Å²) in [5.41, 5.74) is 2.03. The first-order valence-corrected chi connectivity index (χ1v) is 8.48. The number of carbonyl (C=O) groups is 1. The number of carbonyl (C=O) groups excluding carboxylic acids is 1. The summed E-state index contributed by atoms with van der Waals surface area (Å²) in [4.78, 5) is 18.8. The third kappa shape index (κ3) is 3.42. The number of nitrogens with one attached hydrogen (secondary N) is 1. The SMILES string of the molecule is CNc1cc([C@H]2CCCN(C(=O)c3cc(C(C)C)no3)C2)ccn1. The predicted molar refractivity (Wildman–Crippen MR) is 92.3 cm³/mol. The van der Waals surface area contributed by atoms with Crippen LogP contribution in [0.25, 0.3) is 0 Å². The smallest absolute Gasteiger partial charge is 0.292 e. The number of aromatic nitrogens is 2. The highest BCUT2D eigenvalue weighted by molar-refractivity contribution is 5.91. The second-order valence-corrected chi connectivity index (χ2v) is 6.59. The van der Waals surface area contributed by atoms with Gasteiger partial charge in [-0.1, -0.05) is 19.0 Å². The molecule has 1 atom stereocenters. The van der Waals surface area contributed by atoms with Crippen molar-refractivity contribution in [3.05, 3.63) is 41.4 Å². The molecule has 1 fully saturated rings. The van der Waals surface area contributed by atoms with Gasteiger partial charge in [-0.25, -0.2) is 4.98 Å². The minimum Gasteiger partial charge on any atom is -0.373 e. The molecule has 1 aliphatic heterocycles. The van der Waals surface area contributed by atoms with E-state index in [0.29, 0.717) is 18.2 Å². The molecule has 3 rings (SSSR count). The molecule has 24 heavy (non-hydrogen) atoms. The summed E-state index contributed by atoms with van der Waals surface area (Å²) < 4.78 is 5.26. The minimum atomic E-state index is -0.0676. The molecule has 1 saturated heterocycles. The van der Waals surface area contributed by atoms with Crippen molar-refractivity contribution in [2.45, 2.75) is 38.5 Å². The van der Waals surface area contributed by atoms with Gasteiger partial charge in [-0.2, -0.15) is 0 Å². The number of likely N-dealkylation sites (tertiary alicyclic amines) is 1. The van der Waals surface area contributed by atoms with Crippen LogP contribution in [0.15, 0.2) is 28.9 Å². The maximum absolute atomic E-state index is 12.7. The molecule has 0 spiro atoms. The zero-order valence-electron chi connectivity index (χ0n) is 14.5. The van der Waals surface area contributed by atoms with Crippen molar-refractivity contribution in [3.8, 4) is 0 Å². The lowest BCUT2D eigenvalue weighted by Gasteiger charge is -2.32. The zero-order valence-corrected chi connectivity index (χ0v) is 14.5. The summed E-state index contributed by atoms with van der Waals surface area (Å²) in [6.45, 7) is 5.53. The maximum Gasteiger partial charge on any atom is 0.292 e. The first kappa shape index (κ1) is 16.5. The number of pyridine rings is 1. The Morgan fingerprint density at radius 2 is 2.25 bits per heavy atom. The number of hydrogen-bond donors (Lipinski definition) is 1. The summed E-state index contributed by atoms with van der Waals surface area (Å²) in [5.74, 6) is 1.70.